The van der Waals surface area contributed by atoms with Crippen LogP contribution in [0.3, 0.4) is 0 Å². The van der Waals surface area contributed by atoms with Gasteiger partial charge in [0.2, 0.25) is 5.91 Å². The molecule has 0 unspecified atom stereocenters. The Hall–Kier alpha value is -1.87. The number of rotatable bonds is 5. The van der Waals surface area contributed by atoms with E-state index in [0.29, 0.717) is 18.8 Å². The Morgan fingerprint density at radius 3 is 2.36 bits per heavy atom. The van der Waals surface area contributed by atoms with E-state index in [2.05, 4.69) is 38.1 Å². The summed E-state index contributed by atoms with van der Waals surface area (Å²) < 4.78 is 40.0. The number of benzene rings is 1. The molecule has 9 heteroatoms. The lowest BCUT2D eigenvalue weighted by molar-refractivity contribution is -0.142. The number of halogens is 4. The second kappa shape index (κ2) is 8.65. The number of aryl methyl sites for hydroxylation is 1. The van der Waals surface area contributed by atoms with Gasteiger partial charge in [0.25, 0.3) is 0 Å². The van der Waals surface area contributed by atoms with Gasteiger partial charge in [0, 0.05) is 39.1 Å². The summed E-state index contributed by atoms with van der Waals surface area (Å²) in [5, 5.41) is 3.62. The molecule has 0 atom stereocenters. The fourth-order valence-corrected chi connectivity index (χ4v) is 3.79. The van der Waals surface area contributed by atoms with Crippen LogP contribution < -0.4 is 0 Å². The zero-order chi connectivity index (χ0) is 20.3. The highest BCUT2D eigenvalue weighted by Gasteiger charge is 2.38. The van der Waals surface area contributed by atoms with Gasteiger partial charge in [-0.05, 0) is 28.4 Å². The van der Waals surface area contributed by atoms with Gasteiger partial charge in [-0.1, -0.05) is 30.3 Å². The minimum absolute atomic E-state index is 0.0565. The van der Waals surface area contributed by atoms with Crippen LogP contribution >= 0.6 is 15.9 Å². The standard InChI is InChI=1S/C19H22BrF3N4O/c1-14-17(20)18(19(21,22)23)24-27(14)8-7-16(28)26-11-9-25(10-12-26)13-15-5-3-2-4-6-15/h2-6H,7-13H2,1H3. The molecule has 1 amide bonds. The summed E-state index contributed by atoms with van der Waals surface area (Å²) in [6.45, 7) is 5.35. The van der Waals surface area contributed by atoms with Crippen molar-refractivity contribution in [3.8, 4) is 0 Å². The number of aromatic nitrogens is 2. The van der Waals surface area contributed by atoms with Crippen LogP contribution in [0.15, 0.2) is 34.8 Å². The van der Waals surface area contributed by atoms with Gasteiger partial charge >= 0.3 is 6.18 Å². The molecule has 2 heterocycles. The van der Waals surface area contributed by atoms with E-state index in [9.17, 15) is 18.0 Å². The van der Waals surface area contributed by atoms with Crippen molar-refractivity contribution in [3.05, 3.63) is 51.8 Å². The third-order valence-electron chi connectivity index (χ3n) is 4.91. The van der Waals surface area contributed by atoms with Crippen LogP contribution in [0.2, 0.25) is 0 Å². The van der Waals surface area contributed by atoms with Crippen molar-refractivity contribution in [2.24, 2.45) is 0 Å². The molecule has 1 aromatic carbocycles. The van der Waals surface area contributed by atoms with Crippen LogP contribution in [0, 0.1) is 6.92 Å². The quantitative estimate of drug-likeness (QED) is 0.685. The molecule has 0 spiro atoms. The minimum Gasteiger partial charge on any atom is -0.340 e. The van der Waals surface area contributed by atoms with E-state index in [4.69, 9.17) is 0 Å². The molecule has 0 N–H and O–H groups in total. The normalized spacial score (nSPS) is 15.8. The predicted molar refractivity (Wildman–Crippen MR) is 103 cm³/mol. The molecule has 0 radical (unpaired) electrons. The Kier molecular flexibility index (Phi) is 6.44. The summed E-state index contributed by atoms with van der Waals surface area (Å²) in [5.41, 5.74) is 0.655. The monoisotopic (exact) mass is 458 g/mol. The van der Waals surface area contributed by atoms with Crippen molar-refractivity contribution >= 4 is 21.8 Å². The number of piperazine rings is 1. The van der Waals surface area contributed by atoms with Gasteiger partial charge in [-0.25, -0.2) is 0 Å². The molecular weight excluding hydrogens is 437 g/mol. The highest BCUT2D eigenvalue weighted by Crippen LogP contribution is 2.35. The fourth-order valence-electron chi connectivity index (χ4n) is 3.28. The van der Waals surface area contributed by atoms with Gasteiger partial charge in [-0.15, -0.1) is 0 Å². The van der Waals surface area contributed by atoms with Gasteiger partial charge in [-0.2, -0.15) is 18.3 Å². The maximum atomic E-state index is 12.9. The van der Waals surface area contributed by atoms with Gasteiger partial charge in [0.05, 0.1) is 16.7 Å². The lowest BCUT2D eigenvalue weighted by atomic mass is 10.2. The van der Waals surface area contributed by atoms with Crippen LogP contribution in [0.1, 0.15) is 23.4 Å². The number of nitrogens with zero attached hydrogens (tertiary/aromatic N) is 4. The van der Waals surface area contributed by atoms with Crippen molar-refractivity contribution in [2.75, 3.05) is 26.2 Å². The second-order valence-corrected chi connectivity index (χ2v) is 7.65. The molecule has 1 aromatic heterocycles. The van der Waals surface area contributed by atoms with E-state index >= 15 is 0 Å². The molecule has 1 aliphatic rings. The van der Waals surface area contributed by atoms with Crippen molar-refractivity contribution in [1.29, 1.82) is 0 Å². The predicted octanol–water partition coefficient (Wildman–Crippen LogP) is 3.71. The van der Waals surface area contributed by atoms with E-state index in [1.807, 2.05) is 18.2 Å². The summed E-state index contributed by atoms with van der Waals surface area (Å²) in [6, 6.07) is 10.2. The molecule has 2 aromatic rings. The Bertz CT molecular complexity index is 815. The third kappa shape index (κ3) is 4.94. The topological polar surface area (TPSA) is 41.4 Å². The number of amides is 1. The first-order valence-corrected chi connectivity index (χ1v) is 9.89. The first-order chi connectivity index (χ1) is 13.3. The van der Waals surface area contributed by atoms with Gasteiger partial charge in [0.15, 0.2) is 5.69 Å². The van der Waals surface area contributed by atoms with Crippen LogP contribution in [0.4, 0.5) is 13.2 Å². The SMILES string of the molecule is Cc1c(Br)c(C(F)(F)F)nn1CCC(=O)N1CCN(Cc2ccccc2)CC1. The third-order valence-corrected chi connectivity index (χ3v) is 5.86. The molecule has 152 valence electrons. The molecule has 0 bridgehead atoms. The summed E-state index contributed by atoms with van der Waals surface area (Å²) in [5.74, 6) is -0.0565. The van der Waals surface area contributed by atoms with Crippen molar-refractivity contribution in [2.45, 2.75) is 32.6 Å². The first kappa shape index (κ1) is 20.9. The van der Waals surface area contributed by atoms with Crippen LogP contribution in [0.25, 0.3) is 0 Å². The second-order valence-electron chi connectivity index (χ2n) is 6.86. The molecule has 1 fully saturated rings. The van der Waals surface area contributed by atoms with E-state index in [-0.39, 0.29) is 23.3 Å². The van der Waals surface area contributed by atoms with Crippen molar-refractivity contribution < 1.29 is 18.0 Å². The van der Waals surface area contributed by atoms with Gasteiger partial charge in [0.1, 0.15) is 0 Å². The highest BCUT2D eigenvalue weighted by atomic mass is 79.9. The van der Waals surface area contributed by atoms with Crippen molar-refractivity contribution in [3.63, 3.8) is 0 Å². The lowest BCUT2D eigenvalue weighted by Crippen LogP contribution is -2.48. The summed E-state index contributed by atoms with van der Waals surface area (Å²) in [6.07, 6.45) is -4.39. The van der Waals surface area contributed by atoms with E-state index < -0.39 is 11.9 Å². The number of hydrogen-bond donors (Lipinski definition) is 0. The largest absolute Gasteiger partial charge is 0.436 e. The summed E-state index contributed by atoms with van der Waals surface area (Å²) in [4.78, 5) is 16.5. The first-order valence-electron chi connectivity index (χ1n) is 9.10. The molecule has 1 aliphatic heterocycles. The van der Waals surface area contributed by atoms with Crippen LogP contribution in [-0.2, 0) is 24.1 Å². The Morgan fingerprint density at radius 2 is 1.79 bits per heavy atom. The maximum absolute atomic E-state index is 12.9. The number of alkyl halides is 3. The average Bonchev–Trinajstić information content (AvgIpc) is 2.96. The summed E-state index contributed by atoms with van der Waals surface area (Å²) >= 11 is 2.95. The van der Waals surface area contributed by atoms with Gasteiger partial charge in [-0.3, -0.25) is 14.4 Å². The summed E-state index contributed by atoms with van der Waals surface area (Å²) in [7, 11) is 0. The molecule has 28 heavy (non-hydrogen) atoms. The fraction of sp³-hybridized carbons (Fsp3) is 0.474. The lowest BCUT2D eigenvalue weighted by Gasteiger charge is -2.34. The number of carbonyl (C=O) groups is 1. The van der Waals surface area contributed by atoms with Crippen LogP contribution in [-0.4, -0.2) is 51.7 Å². The Balaban J connectivity index is 1.50. The van der Waals surface area contributed by atoms with E-state index in [0.717, 1.165) is 19.6 Å². The number of hydrogen-bond acceptors (Lipinski definition) is 3. The molecule has 5 nitrogen and oxygen atoms in total. The number of carbonyl (C=O) groups excluding carboxylic acids is 1. The molecule has 0 aliphatic carbocycles. The molecule has 3 rings (SSSR count). The highest BCUT2D eigenvalue weighted by molar-refractivity contribution is 9.10. The molecule has 1 saturated heterocycles. The maximum Gasteiger partial charge on any atom is 0.436 e. The zero-order valence-electron chi connectivity index (χ0n) is 15.5. The van der Waals surface area contributed by atoms with Gasteiger partial charge < -0.3 is 4.90 Å². The van der Waals surface area contributed by atoms with E-state index in [1.165, 1.54) is 10.2 Å². The van der Waals surface area contributed by atoms with Crippen LogP contribution in [0.5, 0.6) is 0 Å². The van der Waals surface area contributed by atoms with E-state index in [1.54, 1.807) is 11.8 Å². The zero-order valence-corrected chi connectivity index (χ0v) is 17.1. The minimum atomic E-state index is -4.52. The Morgan fingerprint density at radius 1 is 1.14 bits per heavy atom. The smallest absolute Gasteiger partial charge is 0.340 e. The molecule has 0 saturated carbocycles. The van der Waals surface area contributed by atoms with Crippen molar-refractivity contribution in [1.82, 2.24) is 19.6 Å². The molecular formula is C19H22BrF3N4O. The Labute approximate surface area is 170 Å². The average molecular weight is 459 g/mol.